The van der Waals surface area contributed by atoms with E-state index in [1.165, 1.54) is 0 Å². The van der Waals surface area contributed by atoms with Gasteiger partial charge in [0.05, 0.1) is 11.1 Å². The van der Waals surface area contributed by atoms with Gasteiger partial charge in [0.25, 0.3) is 11.8 Å². The van der Waals surface area contributed by atoms with Crippen LogP contribution in [0.4, 0.5) is 0 Å². The summed E-state index contributed by atoms with van der Waals surface area (Å²) in [4.78, 5) is 23.2. The summed E-state index contributed by atoms with van der Waals surface area (Å²) >= 11 is 3.47. The number of benzene rings is 1. The number of carbonyl (C=O) groups excluding carboxylic acids is 2. The molecule has 0 aromatic heterocycles. The van der Waals surface area contributed by atoms with E-state index < -0.39 is 0 Å². The van der Waals surface area contributed by atoms with Gasteiger partial charge in [-0.05, 0) is 23.5 Å². The number of hydrogen-bond donors (Lipinski definition) is 1. The van der Waals surface area contributed by atoms with Crippen molar-refractivity contribution < 1.29 is 9.59 Å². The summed E-state index contributed by atoms with van der Waals surface area (Å²) in [7, 11) is 0. The molecule has 0 radical (unpaired) electrons. The molecule has 0 spiro atoms. The molecular weight excluding hydrogens is 282 g/mol. The van der Waals surface area contributed by atoms with Gasteiger partial charge in [0.15, 0.2) is 0 Å². The molecule has 0 fully saturated rings. The summed E-state index contributed by atoms with van der Waals surface area (Å²) in [5.74, 6) is -0.561. The van der Waals surface area contributed by atoms with Gasteiger partial charge in [0.1, 0.15) is 0 Å². The minimum atomic E-state index is -0.288. The van der Waals surface area contributed by atoms with Gasteiger partial charge in [-0.2, -0.15) is 0 Å². The van der Waals surface area contributed by atoms with Crippen LogP contribution in [-0.4, -0.2) is 17.1 Å². The smallest absolute Gasteiger partial charge is 0.259 e. The van der Waals surface area contributed by atoms with Crippen LogP contribution in [0.3, 0.4) is 0 Å². The Morgan fingerprint density at radius 3 is 2.59 bits per heavy atom. The molecule has 0 atom stereocenters. The molecule has 3 nitrogen and oxygen atoms in total. The van der Waals surface area contributed by atoms with Crippen LogP contribution < -0.4 is 5.32 Å². The predicted octanol–water partition coefficient (Wildman–Crippen LogP) is 2.53. The predicted molar refractivity (Wildman–Crippen MR) is 69.5 cm³/mol. The molecule has 0 unspecified atom stereocenters. The van der Waals surface area contributed by atoms with Crippen LogP contribution in [0.5, 0.6) is 0 Å². The lowest BCUT2D eigenvalue weighted by molar-refractivity contribution is 0.0879. The first kappa shape index (κ1) is 12.3. The van der Waals surface area contributed by atoms with E-state index >= 15 is 0 Å². The minimum Gasteiger partial charge on any atom is -0.288 e. The maximum atomic E-state index is 11.7. The normalized spacial score (nSPS) is 14.8. The number of halogens is 1. The number of hydrogen-bond acceptors (Lipinski definition) is 2. The maximum Gasteiger partial charge on any atom is 0.259 e. The molecule has 0 saturated carbocycles. The Kier molecular flexibility index (Phi) is 3.08. The molecule has 1 N–H and O–H groups in total. The third kappa shape index (κ3) is 2.27. The lowest BCUT2D eigenvalue weighted by Crippen LogP contribution is -2.21. The molecule has 1 heterocycles. The van der Waals surface area contributed by atoms with Gasteiger partial charge < -0.3 is 0 Å². The monoisotopic (exact) mass is 295 g/mol. The van der Waals surface area contributed by atoms with Crippen molar-refractivity contribution in [3.05, 3.63) is 34.9 Å². The lowest BCUT2D eigenvalue weighted by atomic mass is 9.85. The summed E-state index contributed by atoms with van der Waals surface area (Å²) < 4.78 is 0. The summed E-state index contributed by atoms with van der Waals surface area (Å²) in [6.07, 6.45) is 0.766. The number of amides is 2. The average Bonchev–Trinajstić information content (AvgIpc) is 2.55. The van der Waals surface area contributed by atoms with Crippen LogP contribution in [0.2, 0.25) is 0 Å². The first-order chi connectivity index (χ1) is 7.94. The molecule has 4 heteroatoms. The van der Waals surface area contributed by atoms with Crippen molar-refractivity contribution in [2.24, 2.45) is 5.41 Å². The molecule has 1 aliphatic heterocycles. The van der Waals surface area contributed by atoms with Crippen LogP contribution in [0.15, 0.2) is 18.2 Å². The van der Waals surface area contributed by atoms with Crippen LogP contribution in [0, 0.1) is 5.41 Å². The zero-order chi connectivity index (χ0) is 12.6. The molecule has 0 saturated heterocycles. The fourth-order valence-corrected chi connectivity index (χ4v) is 2.20. The zero-order valence-corrected chi connectivity index (χ0v) is 11.4. The third-order valence-electron chi connectivity index (χ3n) is 2.88. The van der Waals surface area contributed by atoms with Crippen molar-refractivity contribution >= 4 is 27.7 Å². The summed E-state index contributed by atoms with van der Waals surface area (Å²) in [6, 6.07) is 5.44. The fraction of sp³-hybridized carbons (Fsp3) is 0.385. The van der Waals surface area contributed by atoms with Gasteiger partial charge in [0.2, 0.25) is 0 Å². The van der Waals surface area contributed by atoms with E-state index in [2.05, 4.69) is 35.1 Å². The lowest BCUT2D eigenvalue weighted by Gasteiger charge is -2.22. The molecule has 1 aromatic rings. The van der Waals surface area contributed by atoms with Gasteiger partial charge in [-0.25, -0.2) is 0 Å². The molecule has 0 aliphatic carbocycles. The van der Waals surface area contributed by atoms with Crippen molar-refractivity contribution in [2.45, 2.75) is 20.3 Å². The Morgan fingerprint density at radius 1 is 1.24 bits per heavy atom. The summed E-state index contributed by atoms with van der Waals surface area (Å²) in [5, 5.41) is 3.18. The number of rotatable bonds is 3. The molecule has 0 bridgehead atoms. The van der Waals surface area contributed by atoms with Crippen LogP contribution in [-0.2, 0) is 6.42 Å². The average molecular weight is 296 g/mol. The Balaban J connectivity index is 2.44. The number of carbonyl (C=O) groups is 2. The van der Waals surface area contributed by atoms with E-state index in [1.807, 2.05) is 12.1 Å². The second-order valence-corrected chi connectivity index (χ2v) is 5.66. The quantitative estimate of drug-likeness (QED) is 0.688. The summed E-state index contributed by atoms with van der Waals surface area (Å²) in [6.45, 7) is 4.24. The molecule has 2 rings (SSSR count). The second kappa shape index (κ2) is 4.26. The topological polar surface area (TPSA) is 46.2 Å². The first-order valence-electron chi connectivity index (χ1n) is 5.48. The second-order valence-electron chi connectivity index (χ2n) is 5.10. The van der Waals surface area contributed by atoms with Crippen molar-refractivity contribution in [2.75, 3.05) is 5.33 Å². The standard InChI is InChI=1S/C13H14BrNO2/c1-13(2,7-14)6-8-4-3-5-9-10(8)12(17)15-11(9)16/h3-5H,6-7H2,1-2H3,(H,15,16,17). The zero-order valence-electron chi connectivity index (χ0n) is 9.84. The van der Waals surface area contributed by atoms with Gasteiger partial charge >= 0.3 is 0 Å². The molecule has 1 aromatic carbocycles. The van der Waals surface area contributed by atoms with Crippen LogP contribution >= 0.6 is 15.9 Å². The minimum absolute atomic E-state index is 0.0566. The highest BCUT2D eigenvalue weighted by Crippen LogP contribution is 2.28. The van der Waals surface area contributed by atoms with Gasteiger partial charge in [-0.1, -0.05) is 41.9 Å². The number of imide groups is 1. The van der Waals surface area contributed by atoms with E-state index in [9.17, 15) is 9.59 Å². The SMILES string of the molecule is CC(C)(CBr)Cc1cccc2c1C(=O)NC2=O. The van der Waals surface area contributed by atoms with E-state index in [0.29, 0.717) is 11.1 Å². The Labute approximate surface area is 109 Å². The van der Waals surface area contributed by atoms with Crippen molar-refractivity contribution in [1.29, 1.82) is 0 Å². The maximum absolute atomic E-state index is 11.7. The fourth-order valence-electron chi connectivity index (χ4n) is 2.00. The molecular formula is C13H14BrNO2. The Morgan fingerprint density at radius 2 is 1.94 bits per heavy atom. The van der Waals surface area contributed by atoms with E-state index in [4.69, 9.17) is 0 Å². The number of fused-ring (bicyclic) bond motifs is 1. The van der Waals surface area contributed by atoms with E-state index in [0.717, 1.165) is 17.3 Å². The van der Waals surface area contributed by atoms with Crippen LogP contribution in [0.25, 0.3) is 0 Å². The highest BCUT2D eigenvalue weighted by molar-refractivity contribution is 9.09. The molecule has 90 valence electrons. The van der Waals surface area contributed by atoms with Gasteiger partial charge in [-0.3, -0.25) is 14.9 Å². The van der Waals surface area contributed by atoms with Gasteiger partial charge in [-0.15, -0.1) is 0 Å². The van der Waals surface area contributed by atoms with Gasteiger partial charge in [0, 0.05) is 5.33 Å². The largest absolute Gasteiger partial charge is 0.288 e. The van der Waals surface area contributed by atoms with E-state index in [1.54, 1.807) is 6.07 Å². The van der Waals surface area contributed by atoms with Crippen LogP contribution in [0.1, 0.15) is 40.1 Å². The molecule has 17 heavy (non-hydrogen) atoms. The van der Waals surface area contributed by atoms with E-state index in [-0.39, 0.29) is 17.2 Å². The number of alkyl halides is 1. The molecule has 2 amide bonds. The summed E-state index contributed by atoms with van der Waals surface area (Å²) in [5.41, 5.74) is 2.04. The highest BCUT2D eigenvalue weighted by atomic mass is 79.9. The van der Waals surface area contributed by atoms with Crippen molar-refractivity contribution in [1.82, 2.24) is 5.32 Å². The van der Waals surface area contributed by atoms with Crippen molar-refractivity contribution in [3.8, 4) is 0 Å². The Hall–Kier alpha value is -1.16. The van der Waals surface area contributed by atoms with Crippen molar-refractivity contribution in [3.63, 3.8) is 0 Å². The highest BCUT2D eigenvalue weighted by Gasteiger charge is 2.30. The number of nitrogens with one attached hydrogen (secondary N) is 1. The third-order valence-corrected chi connectivity index (χ3v) is 4.40. The first-order valence-corrected chi connectivity index (χ1v) is 6.60. The molecule has 1 aliphatic rings. The Bertz CT molecular complexity index is 494.